The standard InChI is InChI=1S/C13H21N3O3S/c1-15-6-3-11(9-13(15)17)10-16-7-4-12(5-8-16)14-20(2,18)19/h3,6,9,12,14H,4-5,7-8,10H2,1-2H3. The minimum atomic E-state index is -3.12. The molecule has 1 N–H and O–H groups in total. The van der Waals surface area contributed by atoms with Crippen LogP contribution in [0.2, 0.25) is 0 Å². The van der Waals surface area contributed by atoms with E-state index in [0.717, 1.165) is 38.0 Å². The van der Waals surface area contributed by atoms with Crippen molar-refractivity contribution in [3.63, 3.8) is 0 Å². The van der Waals surface area contributed by atoms with Gasteiger partial charge in [-0.15, -0.1) is 0 Å². The number of sulfonamides is 1. The van der Waals surface area contributed by atoms with E-state index in [-0.39, 0.29) is 11.6 Å². The molecule has 2 heterocycles. The van der Waals surface area contributed by atoms with E-state index in [2.05, 4.69) is 9.62 Å². The Kier molecular flexibility index (Phi) is 4.62. The molecule has 0 aliphatic carbocycles. The van der Waals surface area contributed by atoms with Crippen molar-refractivity contribution in [3.8, 4) is 0 Å². The fourth-order valence-corrected chi connectivity index (χ4v) is 3.30. The number of aromatic nitrogens is 1. The topological polar surface area (TPSA) is 71.4 Å². The molecule has 2 rings (SSSR count). The summed E-state index contributed by atoms with van der Waals surface area (Å²) in [6, 6.07) is 3.63. The minimum absolute atomic E-state index is 0.00358. The van der Waals surface area contributed by atoms with Gasteiger partial charge < -0.3 is 4.57 Å². The summed E-state index contributed by atoms with van der Waals surface area (Å²) in [5, 5.41) is 0. The molecule has 112 valence electrons. The van der Waals surface area contributed by atoms with Crippen LogP contribution >= 0.6 is 0 Å². The largest absolute Gasteiger partial charge is 0.319 e. The third-order valence-corrected chi connectivity index (χ3v) is 4.30. The molecular weight excluding hydrogens is 278 g/mol. The van der Waals surface area contributed by atoms with E-state index in [1.165, 1.54) is 6.26 Å². The van der Waals surface area contributed by atoms with Crippen LogP contribution in [-0.2, 0) is 23.6 Å². The molecule has 20 heavy (non-hydrogen) atoms. The van der Waals surface area contributed by atoms with Gasteiger partial charge in [-0.25, -0.2) is 13.1 Å². The third kappa shape index (κ3) is 4.43. The third-order valence-electron chi connectivity index (χ3n) is 3.54. The number of rotatable bonds is 4. The van der Waals surface area contributed by atoms with E-state index in [1.54, 1.807) is 23.9 Å². The first-order valence-electron chi connectivity index (χ1n) is 6.69. The Balaban J connectivity index is 1.88. The van der Waals surface area contributed by atoms with E-state index in [4.69, 9.17) is 0 Å². The van der Waals surface area contributed by atoms with Crippen molar-refractivity contribution in [1.82, 2.24) is 14.2 Å². The summed E-state index contributed by atoms with van der Waals surface area (Å²) in [6.45, 7) is 2.41. The van der Waals surface area contributed by atoms with Gasteiger partial charge in [-0.1, -0.05) is 0 Å². The van der Waals surface area contributed by atoms with Crippen molar-refractivity contribution in [3.05, 3.63) is 34.2 Å². The van der Waals surface area contributed by atoms with E-state index in [9.17, 15) is 13.2 Å². The Labute approximate surface area is 119 Å². The van der Waals surface area contributed by atoms with Crippen LogP contribution in [0.4, 0.5) is 0 Å². The van der Waals surface area contributed by atoms with Crippen molar-refractivity contribution in [1.29, 1.82) is 0 Å². The van der Waals surface area contributed by atoms with Gasteiger partial charge in [0.25, 0.3) is 5.56 Å². The van der Waals surface area contributed by atoms with Crippen LogP contribution < -0.4 is 10.3 Å². The molecule has 7 heteroatoms. The SMILES string of the molecule is Cn1ccc(CN2CCC(NS(C)(=O)=O)CC2)cc1=O. The molecule has 0 bridgehead atoms. The van der Waals surface area contributed by atoms with Crippen molar-refractivity contribution in [2.24, 2.45) is 7.05 Å². The van der Waals surface area contributed by atoms with Crippen LogP contribution in [0.3, 0.4) is 0 Å². The Morgan fingerprint density at radius 3 is 2.55 bits per heavy atom. The zero-order valence-corrected chi connectivity index (χ0v) is 12.7. The van der Waals surface area contributed by atoms with Gasteiger partial charge in [-0.05, 0) is 24.5 Å². The number of hydrogen-bond donors (Lipinski definition) is 1. The number of hydrogen-bond acceptors (Lipinski definition) is 4. The maximum Gasteiger partial charge on any atom is 0.250 e. The monoisotopic (exact) mass is 299 g/mol. The molecule has 1 aromatic heterocycles. The van der Waals surface area contributed by atoms with Crippen molar-refractivity contribution < 1.29 is 8.42 Å². The molecule has 0 aromatic carbocycles. The van der Waals surface area contributed by atoms with Gasteiger partial charge in [0, 0.05) is 45.0 Å². The highest BCUT2D eigenvalue weighted by atomic mass is 32.2. The Morgan fingerprint density at radius 1 is 1.35 bits per heavy atom. The van der Waals surface area contributed by atoms with Crippen LogP contribution in [-0.4, -0.2) is 43.3 Å². The quantitative estimate of drug-likeness (QED) is 0.843. The molecule has 0 atom stereocenters. The highest BCUT2D eigenvalue weighted by Gasteiger charge is 2.21. The number of nitrogens with one attached hydrogen (secondary N) is 1. The van der Waals surface area contributed by atoms with Gasteiger partial charge in [-0.3, -0.25) is 9.69 Å². The first kappa shape index (κ1) is 15.2. The predicted molar refractivity (Wildman–Crippen MR) is 78.0 cm³/mol. The van der Waals surface area contributed by atoms with Gasteiger partial charge >= 0.3 is 0 Å². The molecule has 0 unspecified atom stereocenters. The Morgan fingerprint density at radius 2 is 2.00 bits per heavy atom. The zero-order chi connectivity index (χ0) is 14.8. The molecule has 0 spiro atoms. The van der Waals surface area contributed by atoms with Gasteiger partial charge in [0.2, 0.25) is 10.0 Å². The number of nitrogens with zero attached hydrogens (tertiary/aromatic N) is 2. The highest BCUT2D eigenvalue weighted by molar-refractivity contribution is 7.88. The second-order valence-corrected chi connectivity index (χ2v) is 7.20. The summed E-state index contributed by atoms with van der Waals surface area (Å²) in [6.07, 6.45) is 4.57. The summed E-state index contributed by atoms with van der Waals surface area (Å²) in [4.78, 5) is 13.8. The van der Waals surface area contributed by atoms with Crippen molar-refractivity contribution >= 4 is 10.0 Å². The first-order chi connectivity index (χ1) is 9.33. The van der Waals surface area contributed by atoms with Crippen LogP contribution in [0.25, 0.3) is 0 Å². The molecule has 1 saturated heterocycles. The lowest BCUT2D eigenvalue weighted by Crippen LogP contribution is -2.44. The Bertz CT molecular complexity index is 616. The van der Waals surface area contributed by atoms with Gasteiger partial charge in [0.15, 0.2) is 0 Å². The minimum Gasteiger partial charge on any atom is -0.319 e. The van der Waals surface area contributed by atoms with E-state index in [0.29, 0.717) is 0 Å². The van der Waals surface area contributed by atoms with E-state index < -0.39 is 10.0 Å². The van der Waals surface area contributed by atoms with Gasteiger partial charge in [-0.2, -0.15) is 0 Å². The number of pyridine rings is 1. The number of piperidine rings is 1. The summed E-state index contributed by atoms with van der Waals surface area (Å²) in [7, 11) is -1.39. The normalized spacial score (nSPS) is 18.3. The molecular formula is C13H21N3O3S. The summed E-state index contributed by atoms with van der Waals surface area (Å²) in [5.74, 6) is 0. The molecule has 1 fully saturated rings. The molecule has 0 saturated carbocycles. The molecule has 0 radical (unpaired) electrons. The highest BCUT2D eigenvalue weighted by Crippen LogP contribution is 2.13. The summed E-state index contributed by atoms with van der Waals surface area (Å²) < 4.78 is 26.6. The van der Waals surface area contributed by atoms with Crippen LogP contribution in [0.5, 0.6) is 0 Å². The summed E-state index contributed by atoms with van der Waals surface area (Å²) in [5.41, 5.74) is 0.999. The fourth-order valence-electron chi connectivity index (χ4n) is 2.46. The first-order valence-corrected chi connectivity index (χ1v) is 8.58. The van der Waals surface area contributed by atoms with Crippen LogP contribution in [0.15, 0.2) is 23.1 Å². The smallest absolute Gasteiger partial charge is 0.250 e. The maximum absolute atomic E-state index is 11.6. The maximum atomic E-state index is 11.6. The average molecular weight is 299 g/mol. The van der Waals surface area contributed by atoms with Crippen LogP contribution in [0, 0.1) is 0 Å². The van der Waals surface area contributed by atoms with E-state index in [1.807, 2.05) is 6.07 Å². The molecule has 1 aliphatic heterocycles. The number of likely N-dealkylation sites (tertiary alicyclic amines) is 1. The summed E-state index contributed by atoms with van der Waals surface area (Å²) >= 11 is 0. The van der Waals surface area contributed by atoms with Gasteiger partial charge in [0.05, 0.1) is 6.26 Å². The number of aryl methyl sites for hydroxylation is 1. The fraction of sp³-hybridized carbons (Fsp3) is 0.615. The lowest BCUT2D eigenvalue weighted by atomic mass is 10.1. The van der Waals surface area contributed by atoms with E-state index >= 15 is 0 Å². The molecule has 0 amide bonds. The lowest BCUT2D eigenvalue weighted by molar-refractivity contribution is 0.200. The van der Waals surface area contributed by atoms with Crippen molar-refractivity contribution in [2.45, 2.75) is 25.4 Å². The second-order valence-electron chi connectivity index (χ2n) is 5.42. The molecule has 1 aromatic rings. The molecule has 6 nitrogen and oxygen atoms in total. The second kappa shape index (κ2) is 6.07. The average Bonchev–Trinajstić information content (AvgIpc) is 2.35. The predicted octanol–water partition coefficient (Wildman–Crippen LogP) is -0.101. The van der Waals surface area contributed by atoms with Crippen molar-refractivity contribution in [2.75, 3.05) is 19.3 Å². The van der Waals surface area contributed by atoms with Crippen LogP contribution in [0.1, 0.15) is 18.4 Å². The lowest BCUT2D eigenvalue weighted by Gasteiger charge is -2.31. The zero-order valence-electron chi connectivity index (χ0n) is 11.9. The van der Waals surface area contributed by atoms with Gasteiger partial charge in [0.1, 0.15) is 0 Å². The molecule has 1 aliphatic rings. The Hall–Kier alpha value is -1.18.